The second kappa shape index (κ2) is 6.92. The lowest BCUT2D eigenvalue weighted by Crippen LogP contribution is -2.45. The fourth-order valence-electron chi connectivity index (χ4n) is 3.90. The number of allylic oxidation sites excluding steroid dienone is 1. The molecule has 1 fully saturated rings. The molecule has 0 aliphatic carbocycles. The summed E-state index contributed by atoms with van der Waals surface area (Å²) in [5, 5.41) is 5.84. The molecule has 0 bridgehead atoms. The predicted octanol–water partition coefficient (Wildman–Crippen LogP) is 4.14. The molecule has 1 saturated heterocycles. The number of nitrogens with zero attached hydrogens (tertiary/aromatic N) is 4. The van der Waals surface area contributed by atoms with E-state index in [0.29, 0.717) is 18.5 Å². The first kappa shape index (κ1) is 19.0. The van der Waals surface area contributed by atoms with Gasteiger partial charge in [-0.1, -0.05) is 19.1 Å². The molecule has 0 saturated carbocycles. The summed E-state index contributed by atoms with van der Waals surface area (Å²) in [6.07, 6.45) is 4.96. The average molecular weight is 383 g/mol. The van der Waals surface area contributed by atoms with Crippen LogP contribution in [-0.4, -0.2) is 58.0 Å². The van der Waals surface area contributed by atoms with Crippen LogP contribution >= 0.6 is 0 Å². The zero-order valence-corrected chi connectivity index (χ0v) is 17.5. The lowest BCUT2D eigenvalue weighted by atomic mass is 9.98. The molecule has 6 heteroatoms. The summed E-state index contributed by atoms with van der Waals surface area (Å²) >= 11 is 0. The Morgan fingerprint density at radius 2 is 1.96 bits per heavy atom. The third-order valence-corrected chi connectivity index (χ3v) is 5.35. The highest BCUT2D eigenvalue weighted by Gasteiger charge is 2.30. The van der Waals surface area contributed by atoms with Crippen molar-refractivity contribution in [1.82, 2.24) is 19.6 Å². The van der Waals surface area contributed by atoms with Gasteiger partial charge in [-0.05, 0) is 57.9 Å². The van der Waals surface area contributed by atoms with E-state index in [1.165, 1.54) is 0 Å². The normalized spacial score (nSPS) is 21.5. The van der Waals surface area contributed by atoms with Gasteiger partial charge in [0.2, 0.25) is 0 Å². The smallest absolute Gasteiger partial charge is 0.414 e. The van der Waals surface area contributed by atoms with Crippen molar-refractivity contribution in [2.24, 2.45) is 5.92 Å². The Kier molecular flexibility index (Phi) is 4.70. The molecule has 0 N–H and O–H groups in total. The van der Waals surface area contributed by atoms with Gasteiger partial charge in [-0.3, -0.25) is 9.58 Å². The highest BCUT2D eigenvalue weighted by atomic mass is 16.6. The second-order valence-electron chi connectivity index (χ2n) is 9.28. The Morgan fingerprint density at radius 1 is 1.21 bits per heavy atom. The molecule has 2 aromatic rings. The number of likely N-dealkylation sites (tertiary alicyclic amines) is 1. The minimum absolute atomic E-state index is 0.279. The molecular weight excluding hydrogens is 352 g/mol. The van der Waals surface area contributed by atoms with E-state index < -0.39 is 5.60 Å². The fourth-order valence-corrected chi connectivity index (χ4v) is 3.90. The van der Waals surface area contributed by atoms with Crippen LogP contribution in [0.15, 0.2) is 30.5 Å². The van der Waals surface area contributed by atoms with Crippen molar-refractivity contribution < 1.29 is 9.53 Å². The van der Waals surface area contributed by atoms with E-state index in [0.717, 1.165) is 41.7 Å². The number of ether oxygens (including phenoxy) is 1. The van der Waals surface area contributed by atoms with Crippen LogP contribution in [0, 0.1) is 5.92 Å². The van der Waals surface area contributed by atoms with Crippen molar-refractivity contribution in [3.8, 4) is 0 Å². The Balaban J connectivity index is 1.63. The van der Waals surface area contributed by atoms with Crippen LogP contribution in [0.5, 0.6) is 0 Å². The van der Waals surface area contributed by atoms with Gasteiger partial charge in [-0.15, -0.1) is 0 Å². The molecule has 6 nitrogen and oxygen atoms in total. The molecule has 150 valence electrons. The number of benzene rings is 1. The molecule has 0 spiro atoms. The molecule has 4 rings (SSSR count). The lowest BCUT2D eigenvalue weighted by molar-refractivity contribution is 0.0327. The number of likely N-dealkylation sites (N-methyl/N-ethyl adjacent to an activating group) is 1. The van der Waals surface area contributed by atoms with E-state index in [9.17, 15) is 4.79 Å². The monoisotopic (exact) mass is 382 g/mol. The van der Waals surface area contributed by atoms with Gasteiger partial charge in [0.05, 0.1) is 17.3 Å². The predicted molar refractivity (Wildman–Crippen MR) is 111 cm³/mol. The van der Waals surface area contributed by atoms with Crippen molar-refractivity contribution in [1.29, 1.82) is 0 Å². The summed E-state index contributed by atoms with van der Waals surface area (Å²) in [6, 6.07) is 6.70. The van der Waals surface area contributed by atoms with Gasteiger partial charge < -0.3 is 9.64 Å². The molecule has 2 aliphatic heterocycles. The highest BCUT2D eigenvalue weighted by Crippen LogP contribution is 2.31. The summed E-state index contributed by atoms with van der Waals surface area (Å²) in [7, 11) is 2.12. The van der Waals surface area contributed by atoms with Crippen molar-refractivity contribution in [3.63, 3.8) is 0 Å². The van der Waals surface area contributed by atoms with Crippen LogP contribution in [0.25, 0.3) is 16.6 Å². The average Bonchev–Trinajstić information content (AvgIpc) is 3.00. The zero-order valence-electron chi connectivity index (χ0n) is 17.5. The number of carbonyl (C=O) groups excluding carboxylic acids is 1. The van der Waals surface area contributed by atoms with Crippen LogP contribution in [0.3, 0.4) is 0 Å². The molecule has 1 aromatic carbocycles. The largest absolute Gasteiger partial charge is 0.443 e. The summed E-state index contributed by atoms with van der Waals surface area (Å²) in [6.45, 7) is 10.6. The summed E-state index contributed by atoms with van der Waals surface area (Å²) in [5.41, 5.74) is 2.46. The topological polar surface area (TPSA) is 50.6 Å². The molecule has 1 amide bonds. The van der Waals surface area contributed by atoms with Crippen molar-refractivity contribution in [3.05, 3.63) is 36.0 Å². The minimum atomic E-state index is -0.510. The van der Waals surface area contributed by atoms with Gasteiger partial charge in [0.25, 0.3) is 0 Å². The van der Waals surface area contributed by atoms with Gasteiger partial charge in [-0.25, -0.2) is 4.79 Å². The van der Waals surface area contributed by atoms with Crippen LogP contribution in [0.1, 0.15) is 45.7 Å². The zero-order chi connectivity index (χ0) is 20.1. The number of aromatic nitrogens is 2. The van der Waals surface area contributed by atoms with E-state index in [1.54, 1.807) is 4.90 Å². The molecule has 2 aliphatic rings. The van der Waals surface area contributed by atoms with Gasteiger partial charge in [0, 0.05) is 31.2 Å². The van der Waals surface area contributed by atoms with Gasteiger partial charge >= 0.3 is 6.09 Å². The number of rotatable bonds is 2. The molecule has 28 heavy (non-hydrogen) atoms. The van der Waals surface area contributed by atoms with Crippen LogP contribution in [0.2, 0.25) is 0 Å². The maximum absolute atomic E-state index is 12.8. The van der Waals surface area contributed by atoms with Crippen LogP contribution in [0.4, 0.5) is 4.79 Å². The standard InChI is InChI=1S/C22H30N4O2/c1-15-6-9-20(25(11-15)21(27)28-22(2,3)4)16-7-8-19-17(10-16)12-26(23-19)18-13-24(5)14-18/h7-10,12,15,18H,6,11,13-14H2,1-5H3. The third-order valence-electron chi connectivity index (χ3n) is 5.35. The van der Waals surface area contributed by atoms with Gasteiger partial charge in [-0.2, -0.15) is 5.10 Å². The van der Waals surface area contributed by atoms with E-state index in [2.05, 4.69) is 54.0 Å². The van der Waals surface area contributed by atoms with E-state index in [-0.39, 0.29) is 6.09 Å². The first-order valence-electron chi connectivity index (χ1n) is 10.1. The molecule has 3 heterocycles. The maximum Gasteiger partial charge on any atom is 0.414 e. The Bertz CT molecular complexity index is 918. The molecule has 0 radical (unpaired) electrons. The summed E-state index contributed by atoms with van der Waals surface area (Å²) in [5.74, 6) is 0.415. The van der Waals surface area contributed by atoms with Gasteiger partial charge in [0.1, 0.15) is 5.60 Å². The third kappa shape index (κ3) is 3.78. The highest BCUT2D eigenvalue weighted by molar-refractivity contribution is 5.87. The number of hydrogen-bond acceptors (Lipinski definition) is 4. The number of carbonyl (C=O) groups is 1. The van der Waals surface area contributed by atoms with Crippen LogP contribution in [-0.2, 0) is 4.74 Å². The molecule has 1 unspecified atom stereocenters. The first-order chi connectivity index (χ1) is 13.2. The Labute approximate surface area is 166 Å². The maximum atomic E-state index is 12.8. The molecular formula is C22H30N4O2. The van der Waals surface area contributed by atoms with Crippen molar-refractivity contribution >= 4 is 22.7 Å². The fraction of sp³-hybridized carbons (Fsp3) is 0.545. The van der Waals surface area contributed by atoms with Crippen LogP contribution < -0.4 is 0 Å². The Hall–Kier alpha value is -2.34. The number of fused-ring (bicyclic) bond motifs is 1. The van der Waals surface area contributed by atoms with E-state index >= 15 is 0 Å². The SMILES string of the molecule is CC1CC=C(c2ccc3nn(C4CN(C)C4)cc3c2)N(C(=O)OC(C)(C)C)C1. The van der Waals surface area contributed by atoms with E-state index in [4.69, 9.17) is 9.84 Å². The quantitative estimate of drug-likeness (QED) is 0.783. The molecule has 1 aromatic heterocycles. The molecule has 1 atom stereocenters. The summed E-state index contributed by atoms with van der Waals surface area (Å²) < 4.78 is 7.74. The number of hydrogen-bond donors (Lipinski definition) is 0. The first-order valence-corrected chi connectivity index (χ1v) is 10.1. The van der Waals surface area contributed by atoms with Gasteiger partial charge in [0.15, 0.2) is 0 Å². The number of amides is 1. The second-order valence-corrected chi connectivity index (χ2v) is 9.28. The Morgan fingerprint density at radius 3 is 2.64 bits per heavy atom. The summed E-state index contributed by atoms with van der Waals surface area (Å²) in [4.78, 5) is 16.9. The van der Waals surface area contributed by atoms with Crippen molar-refractivity contribution in [2.75, 3.05) is 26.7 Å². The van der Waals surface area contributed by atoms with Crippen molar-refractivity contribution in [2.45, 2.75) is 45.8 Å². The minimum Gasteiger partial charge on any atom is -0.443 e. The van der Waals surface area contributed by atoms with E-state index in [1.807, 2.05) is 20.8 Å². The lowest BCUT2D eigenvalue weighted by Gasteiger charge is -2.36.